The van der Waals surface area contributed by atoms with Crippen molar-refractivity contribution in [2.75, 3.05) is 0 Å². The van der Waals surface area contributed by atoms with Gasteiger partial charge in [0.2, 0.25) is 0 Å². The second kappa shape index (κ2) is 5.41. The Morgan fingerprint density at radius 1 is 1.14 bits per heavy atom. The fraction of sp³-hybridized carbons (Fsp3) is 0.222. The molecule has 0 bridgehead atoms. The molecule has 21 heavy (non-hydrogen) atoms. The van der Waals surface area contributed by atoms with Crippen LogP contribution >= 0.6 is 0 Å². The number of hydrogen-bond acceptors (Lipinski definition) is 3. The van der Waals surface area contributed by atoms with E-state index in [-0.39, 0.29) is 5.78 Å². The van der Waals surface area contributed by atoms with Gasteiger partial charge in [-0.1, -0.05) is 6.07 Å². The van der Waals surface area contributed by atoms with Gasteiger partial charge in [-0.2, -0.15) is 5.26 Å². The third kappa shape index (κ3) is 2.66. The highest BCUT2D eigenvalue weighted by Crippen LogP contribution is 2.31. The smallest absolute Gasteiger partial charge is 0.163 e. The molecule has 2 aromatic rings. The number of Topliss-reactive ketones (excluding diaryl/α,β-unsaturated/α-hetero) is 1. The van der Waals surface area contributed by atoms with Crippen molar-refractivity contribution in [3.8, 4) is 17.6 Å². The standard InChI is InChI=1S/C18H15NO2/c1-12(20)17-8-5-13(11-19)9-18(17)21-16-7-6-14-3-2-4-15(14)10-16/h5-10H,2-4H2,1H3. The predicted molar refractivity (Wildman–Crippen MR) is 79.7 cm³/mol. The molecule has 0 radical (unpaired) electrons. The SMILES string of the molecule is CC(=O)c1ccc(C#N)cc1Oc1ccc2c(c1)CCC2. The van der Waals surface area contributed by atoms with Gasteiger partial charge in [0.1, 0.15) is 11.5 Å². The van der Waals surface area contributed by atoms with Crippen LogP contribution in [-0.2, 0) is 12.8 Å². The Kier molecular flexibility index (Phi) is 3.45. The van der Waals surface area contributed by atoms with Gasteiger partial charge in [-0.3, -0.25) is 4.79 Å². The molecule has 104 valence electrons. The normalized spacial score (nSPS) is 12.6. The van der Waals surface area contributed by atoms with E-state index in [9.17, 15) is 4.79 Å². The van der Waals surface area contributed by atoms with Crippen LogP contribution in [0, 0.1) is 11.3 Å². The van der Waals surface area contributed by atoms with Crippen molar-refractivity contribution >= 4 is 5.78 Å². The summed E-state index contributed by atoms with van der Waals surface area (Å²) in [5.74, 6) is 1.09. The van der Waals surface area contributed by atoms with Gasteiger partial charge in [0.25, 0.3) is 0 Å². The summed E-state index contributed by atoms with van der Waals surface area (Å²) in [6, 6.07) is 13.0. The number of ketones is 1. The summed E-state index contributed by atoms with van der Waals surface area (Å²) in [7, 11) is 0. The average molecular weight is 277 g/mol. The van der Waals surface area contributed by atoms with E-state index in [1.54, 1.807) is 18.2 Å². The van der Waals surface area contributed by atoms with Crippen LogP contribution < -0.4 is 4.74 Å². The molecule has 0 N–H and O–H groups in total. The molecule has 0 fully saturated rings. The van der Waals surface area contributed by atoms with Crippen LogP contribution in [0.1, 0.15) is 40.4 Å². The van der Waals surface area contributed by atoms with Crippen LogP contribution in [0.4, 0.5) is 0 Å². The molecular weight excluding hydrogens is 262 g/mol. The lowest BCUT2D eigenvalue weighted by atomic mass is 10.1. The lowest BCUT2D eigenvalue weighted by Gasteiger charge is -2.11. The molecular formula is C18H15NO2. The van der Waals surface area contributed by atoms with E-state index in [1.807, 2.05) is 12.1 Å². The van der Waals surface area contributed by atoms with E-state index in [1.165, 1.54) is 24.5 Å². The Morgan fingerprint density at radius 2 is 1.95 bits per heavy atom. The van der Waals surface area contributed by atoms with Crippen molar-refractivity contribution in [1.29, 1.82) is 5.26 Å². The fourth-order valence-electron chi connectivity index (χ4n) is 2.71. The van der Waals surface area contributed by atoms with E-state index in [4.69, 9.17) is 10.00 Å². The highest BCUT2D eigenvalue weighted by Gasteiger charge is 2.14. The van der Waals surface area contributed by atoms with Gasteiger partial charge in [-0.15, -0.1) is 0 Å². The lowest BCUT2D eigenvalue weighted by molar-refractivity contribution is 0.101. The zero-order valence-electron chi connectivity index (χ0n) is 11.8. The van der Waals surface area contributed by atoms with E-state index >= 15 is 0 Å². The minimum Gasteiger partial charge on any atom is -0.457 e. The number of nitriles is 1. The Bertz CT molecular complexity index is 756. The van der Waals surface area contributed by atoms with Crippen molar-refractivity contribution in [1.82, 2.24) is 0 Å². The summed E-state index contributed by atoms with van der Waals surface area (Å²) in [5, 5.41) is 8.99. The molecule has 0 amide bonds. The van der Waals surface area contributed by atoms with Gasteiger partial charge in [0.15, 0.2) is 5.78 Å². The first-order valence-electron chi connectivity index (χ1n) is 7.02. The maximum atomic E-state index is 11.7. The molecule has 3 rings (SSSR count). The molecule has 1 aliphatic carbocycles. The molecule has 0 saturated carbocycles. The van der Waals surface area contributed by atoms with Crippen LogP contribution in [0.15, 0.2) is 36.4 Å². The summed E-state index contributed by atoms with van der Waals surface area (Å²) in [4.78, 5) is 11.7. The number of carbonyl (C=O) groups is 1. The minimum absolute atomic E-state index is 0.0735. The van der Waals surface area contributed by atoms with Crippen LogP contribution in [0.5, 0.6) is 11.5 Å². The Balaban J connectivity index is 1.97. The summed E-state index contributed by atoms with van der Waals surface area (Å²) in [6.07, 6.45) is 3.38. The summed E-state index contributed by atoms with van der Waals surface area (Å²) >= 11 is 0. The van der Waals surface area contributed by atoms with Crippen LogP contribution in [0.25, 0.3) is 0 Å². The fourth-order valence-corrected chi connectivity index (χ4v) is 2.71. The van der Waals surface area contributed by atoms with Crippen molar-refractivity contribution in [3.05, 3.63) is 58.7 Å². The molecule has 1 aliphatic rings. The minimum atomic E-state index is -0.0735. The van der Waals surface area contributed by atoms with Crippen LogP contribution in [-0.4, -0.2) is 5.78 Å². The molecule has 0 aromatic heterocycles. The zero-order chi connectivity index (χ0) is 14.8. The first-order valence-corrected chi connectivity index (χ1v) is 7.02. The van der Waals surface area contributed by atoms with Crippen molar-refractivity contribution in [3.63, 3.8) is 0 Å². The van der Waals surface area contributed by atoms with E-state index < -0.39 is 0 Å². The maximum absolute atomic E-state index is 11.7. The highest BCUT2D eigenvalue weighted by atomic mass is 16.5. The number of ether oxygens (including phenoxy) is 1. The third-order valence-corrected chi connectivity index (χ3v) is 3.79. The average Bonchev–Trinajstić information content (AvgIpc) is 2.94. The Morgan fingerprint density at radius 3 is 2.71 bits per heavy atom. The number of carbonyl (C=O) groups excluding carboxylic acids is 1. The maximum Gasteiger partial charge on any atom is 0.163 e. The third-order valence-electron chi connectivity index (χ3n) is 3.79. The summed E-state index contributed by atoms with van der Waals surface area (Å²) < 4.78 is 5.87. The van der Waals surface area contributed by atoms with Gasteiger partial charge < -0.3 is 4.74 Å². The van der Waals surface area contributed by atoms with Gasteiger partial charge in [0, 0.05) is 0 Å². The zero-order valence-corrected chi connectivity index (χ0v) is 11.8. The number of fused-ring (bicyclic) bond motifs is 1. The molecule has 0 unspecified atom stereocenters. The van der Waals surface area contributed by atoms with E-state index in [0.717, 1.165) is 12.8 Å². The molecule has 0 heterocycles. The number of aryl methyl sites for hydroxylation is 2. The van der Waals surface area contributed by atoms with Gasteiger partial charge in [0.05, 0.1) is 17.2 Å². The molecule has 3 heteroatoms. The largest absolute Gasteiger partial charge is 0.457 e. The second-order valence-corrected chi connectivity index (χ2v) is 5.27. The predicted octanol–water partition coefficient (Wildman–Crippen LogP) is 4.04. The molecule has 0 atom stereocenters. The first kappa shape index (κ1) is 13.4. The first-order chi connectivity index (χ1) is 10.2. The van der Waals surface area contributed by atoms with Crippen LogP contribution in [0.3, 0.4) is 0 Å². The lowest BCUT2D eigenvalue weighted by Crippen LogP contribution is -1.98. The van der Waals surface area contributed by atoms with Crippen molar-refractivity contribution < 1.29 is 9.53 Å². The Hall–Kier alpha value is -2.60. The van der Waals surface area contributed by atoms with Gasteiger partial charge in [-0.05, 0) is 67.6 Å². The molecule has 0 aliphatic heterocycles. The van der Waals surface area contributed by atoms with Crippen molar-refractivity contribution in [2.45, 2.75) is 26.2 Å². The number of nitrogens with zero attached hydrogens (tertiary/aromatic N) is 1. The summed E-state index contributed by atoms with van der Waals surface area (Å²) in [6.45, 7) is 1.50. The van der Waals surface area contributed by atoms with Gasteiger partial charge >= 0.3 is 0 Å². The van der Waals surface area contributed by atoms with Crippen molar-refractivity contribution in [2.24, 2.45) is 0 Å². The molecule has 0 saturated heterocycles. The Labute approximate surface area is 123 Å². The van der Waals surface area contributed by atoms with E-state index in [2.05, 4.69) is 12.1 Å². The molecule has 2 aromatic carbocycles. The van der Waals surface area contributed by atoms with Gasteiger partial charge in [-0.25, -0.2) is 0 Å². The monoisotopic (exact) mass is 277 g/mol. The molecule has 3 nitrogen and oxygen atoms in total. The number of benzene rings is 2. The number of rotatable bonds is 3. The number of hydrogen-bond donors (Lipinski definition) is 0. The van der Waals surface area contributed by atoms with E-state index in [0.29, 0.717) is 22.6 Å². The quantitative estimate of drug-likeness (QED) is 0.795. The summed E-state index contributed by atoms with van der Waals surface area (Å²) in [5.41, 5.74) is 3.67. The topological polar surface area (TPSA) is 50.1 Å². The van der Waals surface area contributed by atoms with Crippen LogP contribution in [0.2, 0.25) is 0 Å². The second-order valence-electron chi connectivity index (χ2n) is 5.27. The highest BCUT2D eigenvalue weighted by molar-refractivity contribution is 5.97. The molecule has 0 spiro atoms.